The molecule has 7 nitrogen and oxygen atoms in total. The Morgan fingerprint density at radius 2 is 1.76 bits per heavy atom. The molecule has 0 saturated carbocycles. The van der Waals surface area contributed by atoms with Crippen LogP contribution in [-0.4, -0.2) is 39.7 Å². The maximum Gasteiger partial charge on any atom is 0.338 e. The fourth-order valence-electron chi connectivity index (χ4n) is 3.52. The van der Waals surface area contributed by atoms with Crippen molar-refractivity contribution in [2.24, 2.45) is 4.99 Å². The minimum Gasteiger partial charge on any atom is -0.462 e. The predicted octanol–water partition coefficient (Wildman–Crippen LogP) is 5.82. The number of benzene rings is 3. The van der Waals surface area contributed by atoms with Gasteiger partial charge in [0.1, 0.15) is 11.1 Å². The van der Waals surface area contributed by atoms with Gasteiger partial charge in [0.2, 0.25) is 11.8 Å². The van der Waals surface area contributed by atoms with Crippen molar-refractivity contribution in [3.63, 3.8) is 0 Å². The number of hydrogen-bond acceptors (Lipinski definition) is 6. The summed E-state index contributed by atoms with van der Waals surface area (Å²) >= 11 is 7.14. The van der Waals surface area contributed by atoms with Crippen LogP contribution in [0.3, 0.4) is 0 Å². The van der Waals surface area contributed by atoms with Crippen LogP contribution < -0.4 is 5.32 Å². The summed E-state index contributed by atoms with van der Waals surface area (Å²) in [5.74, 6) is -1.50. The van der Waals surface area contributed by atoms with Crippen molar-refractivity contribution in [2.45, 2.75) is 25.1 Å². The average molecular weight is 540 g/mol. The van der Waals surface area contributed by atoms with E-state index in [-0.39, 0.29) is 31.4 Å². The third-order valence-corrected chi connectivity index (χ3v) is 6.84. The molecule has 4 rings (SSSR count). The number of ether oxygens (including phenoxy) is 1. The van der Waals surface area contributed by atoms with E-state index in [1.165, 1.54) is 29.2 Å². The molecule has 0 aliphatic carbocycles. The summed E-state index contributed by atoms with van der Waals surface area (Å²) in [6.45, 7) is 2.23. The lowest BCUT2D eigenvalue weighted by Gasteiger charge is -2.32. The molecule has 1 N–H and O–H groups in total. The number of thioether (sulfide) groups is 1. The van der Waals surface area contributed by atoms with Crippen LogP contribution >= 0.6 is 23.4 Å². The first-order valence-corrected chi connectivity index (χ1v) is 12.7. The SMILES string of the molecule is CCOC(=O)c1ccc(NC(=O)C2CC(=O)N(Cc3ccc(Cl)cc3)C(=Nc3ccc(F)cc3)S2)cc1. The number of nitrogens with zero attached hydrogens (tertiary/aromatic N) is 2. The largest absolute Gasteiger partial charge is 0.462 e. The van der Waals surface area contributed by atoms with E-state index < -0.39 is 17.0 Å². The van der Waals surface area contributed by atoms with Gasteiger partial charge in [-0.1, -0.05) is 35.5 Å². The van der Waals surface area contributed by atoms with Crippen molar-refractivity contribution in [3.8, 4) is 0 Å². The van der Waals surface area contributed by atoms with Gasteiger partial charge in [0, 0.05) is 17.1 Å². The molecule has 1 heterocycles. The summed E-state index contributed by atoms with van der Waals surface area (Å²) < 4.78 is 18.4. The number of halogens is 2. The zero-order chi connectivity index (χ0) is 26.4. The maximum absolute atomic E-state index is 13.4. The smallest absolute Gasteiger partial charge is 0.338 e. The van der Waals surface area contributed by atoms with Crippen LogP contribution in [0, 0.1) is 5.82 Å². The van der Waals surface area contributed by atoms with Crippen molar-refractivity contribution < 1.29 is 23.5 Å². The standard InChI is InChI=1S/C27H23ClFN3O4S/c1-2-36-26(35)18-5-11-21(12-6-18)30-25(34)23-15-24(33)32(16-17-3-7-19(28)8-4-17)27(37-23)31-22-13-9-20(29)10-14-22/h3-14,23H,2,15-16H2,1H3,(H,30,34). The molecule has 1 aliphatic heterocycles. The van der Waals surface area contributed by atoms with Gasteiger partial charge in [-0.3, -0.25) is 14.5 Å². The number of rotatable bonds is 7. The Balaban J connectivity index is 1.53. The molecule has 0 aromatic heterocycles. The molecular weight excluding hydrogens is 517 g/mol. The minimum absolute atomic E-state index is 0.0343. The molecule has 3 aromatic carbocycles. The Morgan fingerprint density at radius 3 is 2.41 bits per heavy atom. The van der Waals surface area contributed by atoms with Crippen LogP contribution in [0.1, 0.15) is 29.3 Å². The molecule has 3 aromatic rings. The van der Waals surface area contributed by atoms with Crippen molar-refractivity contribution in [1.82, 2.24) is 4.90 Å². The number of aliphatic imine (C=N–C) groups is 1. The average Bonchev–Trinajstić information content (AvgIpc) is 2.89. The van der Waals surface area contributed by atoms with Gasteiger partial charge in [-0.25, -0.2) is 14.2 Å². The van der Waals surface area contributed by atoms with E-state index in [0.717, 1.165) is 17.3 Å². The Bertz CT molecular complexity index is 1310. The molecule has 1 aliphatic rings. The number of amidine groups is 1. The Kier molecular flexibility index (Phi) is 8.58. The zero-order valence-electron chi connectivity index (χ0n) is 19.8. The van der Waals surface area contributed by atoms with E-state index in [0.29, 0.717) is 27.1 Å². The Labute approximate surface area is 222 Å². The number of carbonyl (C=O) groups excluding carboxylic acids is 3. The summed E-state index contributed by atoms with van der Waals surface area (Å²) in [7, 11) is 0. The predicted molar refractivity (Wildman–Crippen MR) is 143 cm³/mol. The number of esters is 1. The van der Waals surface area contributed by atoms with Crippen LogP contribution in [0.25, 0.3) is 0 Å². The number of amides is 2. The van der Waals surface area contributed by atoms with Gasteiger partial charge >= 0.3 is 5.97 Å². The molecule has 10 heteroatoms. The lowest BCUT2D eigenvalue weighted by molar-refractivity contribution is -0.129. The highest BCUT2D eigenvalue weighted by Gasteiger charge is 2.36. The van der Waals surface area contributed by atoms with Gasteiger partial charge in [0.25, 0.3) is 0 Å². The first-order valence-electron chi connectivity index (χ1n) is 11.5. The first-order chi connectivity index (χ1) is 17.8. The number of carbonyl (C=O) groups is 3. The Morgan fingerprint density at radius 1 is 1.08 bits per heavy atom. The third-order valence-electron chi connectivity index (χ3n) is 5.40. The van der Waals surface area contributed by atoms with Crippen LogP contribution in [0.15, 0.2) is 77.8 Å². The van der Waals surface area contributed by atoms with Gasteiger partial charge in [-0.2, -0.15) is 0 Å². The molecule has 2 amide bonds. The quantitative estimate of drug-likeness (QED) is 0.382. The molecule has 0 radical (unpaired) electrons. The van der Waals surface area contributed by atoms with E-state index >= 15 is 0 Å². The van der Waals surface area contributed by atoms with E-state index in [1.807, 2.05) is 12.1 Å². The molecule has 1 atom stereocenters. The minimum atomic E-state index is -0.738. The fourth-order valence-corrected chi connectivity index (χ4v) is 4.75. The molecule has 37 heavy (non-hydrogen) atoms. The Hall–Kier alpha value is -3.69. The molecule has 1 fully saturated rings. The van der Waals surface area contributed by atoms with Crippen LogP contribution in [-0.2, 0) is 20.9 Å². The van der Waals surface area contributed by atoms with Crippen LogP contribution in [0.5, 0.6) is 0 Å². The van der Waals surface area contributed by atoms with Gasteiger partial charge in [-0.15, -0.1) is 0 Å². The van der Waals surface area contributed by atoms with E-state index in [4.69, 9.17) is 16.3 Å². The molecule has 0 spiro atoms. The highest BCUT2D eigenvalue weighted by atomic mass is 35.5. The van der Waals surface area contributed by atoms with Crippen molar-refractivity contribution in [3.05, 3.63) is 94.8 Å². The second-order valence-electron chi connectivity index (χ2n) is 8.07. The highest BCUT2D eigenvalue weighted by Crippen LogP contribution is 2.31. The molecule has 190 valence electrons. The molecular formula is C27H23ClFN3O4S. The highest BCUT2D eigenvalue weighted by molar-refractivity contribution is 8.15. The lowest BCUT2D eigenvalue weighted by atomic mass is 10.2. The van der Waals surface area contributed by atoms with Gasteiger partial charge < -0.3 is 10.1 Å². The van der Waals surface area contributed by atoms with Gasteiger partial charge in [-0.05, 0) is 73.2 Å². The second kappa shape index (κ2) is 12.0. The summed E-state index contributed by atoms with van der Waals surface area (Å²) in [4.78, 5) is 44.2. The third kappa shape index (κ3) is 6.96. The number of anilines is 1. The first kappa shape index (κ1) is 26.4. The van der Waals surface area contributed by atoms with E-state index in [9.17, 15) is 18.8 Å². The monoisotopic (exact) mass is 539 g/mol. The van der Waals surface area contributed by atoms with E-state index in [1.54, 1.807) is 43.3 Å². The number of nitrogens with one attached hydrogen (secondary N) is 1. The van der Waals surface area contributed by atoms with Gasteiger partial charge in [0.05, 0.1) is 24.4 Å². The summed E-state index contributed by atoms with van der Waals surface area (Å²) in [6.07, 6.45) is -0.0343. The summed E-state index contributed by atoms with van der Waals surface area (Å²) in [5, 5.41) is 2.96. The molecule has 1 unspecified atom stereocenters. The molecule has 1 saturated heterocycles. The second-order valence-corrected chi connectivity index (χ2v) is 9.68. The zero-order valence-corrected chi connectivity index (χ0v) is 21.4. The van der Waals surface area contributed by atoms with Crippen molar-refractivity contribution >= 4 is 57.7 Å². The fraction of sp³-hybridized carbons (Fsp3) is 0.185. The maximum atomic E-state index is 13.4. The normalized spacial score (nSPS) is 16.5. The number of hydrogen-bond donors (Lipinski definition) is 1. The lowest BCUT2D eigenvalue weighted by Crippen LogP contribution is -2.44. The summed E-state index contributed by atoms with van der Waals surface area (Å²) in [6, 6.07) is 19.0. The van der Waals surface area contributed by atoms with E-state index in [2.05, 4.69) is 10.3 Å². The van der Waals surface area contributed by atoms with Crippen molar-refractivity contribution in [2.75, 3.05) is 11.9 Å². The van der Waals surface area contributed by atoms with Crippen molar-refractivity contribution in [1.29, 1.82) is 0 Å². The van der Waals surface area contributed by atoms with Crippen LogP contribution in [0.4, 0.5) is 15.8 Å². The topological polar surface area (TPSA) is 88.1 Å². The molecule has 0 bridgehead atoms. The van der Waals surface area contributed by atoms with Gasteiger partial charge in [0.15, 0.2) is 5.17 Å². The van der Waals surface area contributed by atoms with Crippen LogP contribution in [0.2, 0.25) is 5.02 Å². The summed E-state index contributed by atoms with van der Waals surface area (Å²) in [5.41, 5.74) is 2.14.